The number of carboxylic acids is 1. The number of aromatic nitrogens is 3. The Morgan fingerprint density at radius 1 is 1.04 bits per heavy atom. The number of nitrogen functional groups attached to an aromatic ring is 1. The number of carboxylic acid groups (broad SMARTS) is 1. The minimum Gasteiger partial charge on any atom is -0.478 e. The van der Waals surface area contributed by atoms with Gasteiger partial charge >= 0.3 is 5.97 Å². The van der Waals surface area contributed by atoms with E-state index in [0.29, 0.717) is 17.1 Å². The first-order valence-corrected chi connectivity index (χ1v) is 7.66. The van der Waals surface area contributed by atoms with Crippen LogP contribution in [0.15, 0.2) is 60.8 Å². The molecule has 0 aliphatic rings. The minimum atomic E-state index is -1.01. The molecule has 4 N–H and O–H groups in total. The van der Waals surface area contributed by atoms with Gasteiger partial charge in [-0.2, -0.15) is 0 Å². The molecule has 2 heterocycles. The van der Waals surface area contributed by atoms with Crippen LogP contribution in [0.5, 0.6) is 0 Å². The van der Waals surface area contributed by atoms with Gasteiger partial charge in [0.1, 0.15) is 0 Å². The predicted molar refractivity (Wildman–Crippen MR) is 96.1 cm³/mol. The average Bonchev–Trinajstić information content (AvgIpc) is 3.07. The molecular formula is C19H14N4O2. The molecule has 6 nitrogen and oxygen atoms in total. The third kappa shape index (κ3) is 2.70. The van der Waals surface area contributed by atoms with E-state index in [2.05, 4.69) is 15.0 Å². The molecule has 0 saturated heterocycles. The van der Waals surface area contributed by atoms with Crippen molar-refractivity contribution in [1.29, 1.82) is 0 Å². The summed E-state index contributed by atoms with van der Waals surface area (Å²) in [4.78, 5) is 22.9. The number of benzene rings is 2. The fourth-order valence-corrected chi connectivity index (χ4v) is 2.86. The summed E-state index contributed by atoms with van der Waals surface area (Å²) in [5.41, 5.74) is 8.25. The van der Waals surface area contributed by atoms with Crippen molar-refractivity contribution in [2.75, 3.05) is 5.73 Å². The molecule has 6 heteroatoms. The monoisotopic (exact) mass is 330 g/mol. The fourth-order valence-electron chi connectivity index (χ4n) is 2.86. The second kappa shape index (κ2) is 5.76. The standard InChI is InChI=1S/C19H14N4O2/c20-19-21-8-7-15(23-19)16-10-14(18(24)25)17(22-16)13-6-5-11-3-1-2-4-12(11)9-13/h1-10,22H,(H,24,25)(H2,20,21,23). The molecule has 0 atom stereocenters. The van der Waals surface area contributed by atoms with Gasteiger partial charge in [-0.05, 0) is 34.5 Å². The first-order chi connectivity index (χ1) is 12.1. The highest BCUT2D eigenvalue weighted by atomic mass is 16.4. The van der Waals surface area contributed by atoms with Crippen molar-refractivity contribution in [1.82, 2.24) is 15.0 Å². The zero-order chi connectivity index (χ0) is 17.4. The molecule has 0 bridgehead atoms. The van der Waals surface area contributed by atoms with E-state index in [1.807, 2.05) is 42.5 Å². The number of aromatic carboxylic acids is 1. The van der Waals surface area contributed by atoms with E-state index in [1.165, 1.54) is 6.20 Å². The molecular weight excluding hydrogens is 316 g/mol. The van der Waals surface area contributed by atoms with Crippen molar-refractivity contribution in [3.05, 3.63) is 66.4 Å². The summed E-state index contributed by atoms with van der Waals surface area (Å²) >= 11 is 0. The van der Waals surface area contributed by atoms with Crippen LogP contribution < -0.4 is 5.73 Å². The Kier molecular flexibility index (Phi) is 3.43. The van der Waals surface area contributed by atoms with Gasteiger partial charge in [-0.1, -0.05) is 36.4 Å². The van der Waals surface area contributed by atoms with Crippen molar-refractivity contribution in [3.63, 3.8) is 0 Å². The van der Waals surface area contributed by atoms with Crippen molar-refractivity contribution < 1.29 is 9.90 Å². The number of nitrogens with one attached hydrogen (secondary N) is 1. The lowest BCUT2D eigenvalue weighted by molar-refractivity contribution is 0.0698. The molecule has 0 amide bonds. The highest BCUT2D eigenvalue weighted by Crippen LogP contribution is 2.30. The predicted octanol–water partition coefficient (Wildman–Crippen LogP) is 3.57. The largest absolute Gasteiger partial charge is 0.478 e. The van der Waals surface area contributed by atoms with Crippen molar-refractivity contribution in [2.45, 2.75) is 0 Å². The average molecular weight is 330 g/mol. The third-order valence-corrected chi connectivity index (χ3v) is 4.04. The molecule has 0 saturated carbocycles. The molecule has 0 spiro atoms. The highest BCUT2D eigenvalue weighted by Gasteiger charge is 2.18. The number of anilines is 1. The van der Waals surface area contributed by atoms with Crippen LogP contribution in [0.3, 0.4) is 0 Å². The second-order valence-corrected chi connectivity index (χ2v) is 5.64. The van der Waals surface area contributed by atoms with Crippen molar-refractivity contribution in [3.8, 4) is 22.6 Å². The van der Waals surface area contributed by atoms with E-state index in [0.717, 1.165) is 16.3 Å². The van der Waals surface area contributed by atoms with E-state index in [1.54, 1.807) is 12.1 Å². The molecule has 0 fully saturated rings. The quantitative estimate of drug-likeness (QED) is 0.532. The van der Waals surface area contributed by atoms with Gasteiger partial charge in [0.2, 0.25) is 5.95 Å². The number of nitrogens with zero attached hydrogens (tertiary/aromatic N) is 2. The number of hydrogen-bond acceptors (Lipinski definition) is 4. The van der Waals surface area contributed by atoms with Crippen molar-refractivity contribution >= 4 is 22.7 Å². The van der Waals surface area contributed by atoms with Crippen LogP contribution in [0.1, 0.15) is 10.4 Å². The van der Waals surface area contributed by atoms with Gasteiger partial charge in [0, 0.05) is 6.20 Å². The first kappa shape index (κ1) is 14.9. The molecule has 0 unspecified atom stereocenters. The Morgan fingerprint density at radius 2 is 1.84 bits per heavy atom. The number of carbonyl (C=O) groups is 1. The summed E-state index contributed by atoms with van der Waals surface area (Å²) in [6.07, 6.45) is 1.54. The summed E-state index contributed by atoms with van der Waals surface area (Å²) < 4.78 is 0. The van der Waals surface area contributed by atoms with E-state index in [-0.39, 0.29) is 11.5 Å². The van der Waals surface area contributed by atoms with E-state index in [4.69, 9.17) is 5.73 Å². The van der Waals surface area contributed by atoms with E-state index < -0.39 is 5.97 Å². The number of fused-ring (bicyclic) bond motifs is 1. The molecule has 122 valence electrons. The Morgan fingerprint density at radius 3 is 2.60 bits per heavy atom. The fraction of sp³-hybridized carbons (Fsp3) is 0. The Hall–Kier alpha value is -3.67. The normalized spacial score (nSPS) is 10.9. The summed E-state index contributed by atoms with van der Waals surface area (Å²) in [7, 11) is 0. The topological polar surface area (TPSA) is 105 Å². The number of nitrogens with two attached hydrogens (primary N) is 1. The second-order valence-electron chi connectivity index (χ2n) is 5.64. The number of hydrogen-bond donors (Lipinski definition) is 3. The molecule has 0 aliphatic carbocycles. The SMILES string of the molecule is Nc1nccc(-c2cc(C(=O)O)c(-c3ccc4ccccc4c3)[nH]2)n1. The molecule has 25 heavy (non-hydrogen) atoms. The van der Waals surface area contributed by atoms with Gasteiger partial charge in [-0.15, -0.1) is 0 Å². The first-order valence-electron chi connectivity index (χ1n) is 7.66. The maximum atomic E-state index is 11.7. The van der Waals surface area contributed by atoms with Crippen LogP contribution in [0.25, 0.3) is 33.4 Å². The van der Waals surface area contributed by atoms with Crippen LogP contribution in [-0.4, -0.2) is 26.0 Å². The summed E-state index contributed by atoms with van der Waals surface area (Å²) in [6.45, 7) is 0. The molecule has 0 radical (unpaired) electrons. The van der Waals surface area contributed by atoms with Crippen LogP contribution in [0, 0.1) is 0 Å². The zero-order valence-electron chi connectivity index (χ0n) is 13.1. The Balaban J connectivity index is 1.89. The lowest BCUT2D eigenvalue weighted by atomic mass is 10.0. The zero-order valence-corrected chi connectivity index (χ0v) is 13.1. The molecule has 4 aromatic rings. The van der Waals surface area contributed by atoms with Crippen LogP contribution in [-0.2, 0) is 0 Å². The molecule has 0 aliphatic heterocycles. The lowest BCUT2D eigenvalue weighted by Gasteiger charge is -2.04. The smallest absolute Gasteiger partial charge is 0.337 e. The molecule has 2 aromatic heterocycles. The molecule has 2 aromatic carbocycles. The van der Waals surface area contributed by atoms with Crippen molar-refractivity contribution in [2.24, 2.45) is 0 Å². The third-order valence-electron chi connectivity index (χ3n) is 4.04. The maximum absolute atomic E-state index is 11.7. The van der Waals surface area contributed by atoms with Crippen LogP contribution in [0.2, 0.25) is 0 Å². The Bertz CT molecular complexity index is 1100. The summed E-state index contributed by atoms with van der Waals surface area (Å²) in [6, 6.07) is 17.0. The minimum absolute atomic E-state index is 0.135. The number of aromatic amines is 1. The summed E-state index contributed by atoms with van der Waals surface area (Å²) in [5, 5.41) is 11.7. The van der Waals surface area contributed by atoms with Crippen LogP contribution in [0.4, 0.5) is 5.95 Å². The maximum Gasteiger partial charge on any atom is 0.337 e. The van der Waals surface area contributed by atoms with Gasteiger partial charge in [0.15, 0.2) is 0 Å². The van der Waals surface area contributed by atoms with Gasteiger partial charge in [0.05, 0.1) is 22.6 Å². The van der Waals surface area contributed by atoms with Gasteiger partial charge in [-0.3, -0.25) is 0 Å². The number of H-pyrrole nitrogens is 1. The van der Waals surface area contributed by atoms with Crippen LogP contribution >= 0.6 is 0 Å². The lowest BCUT2D eigenvalue weighted by Crippen LogP contribution is -1.96. The van der Waals surface area contributed by atoms with Gasteiger partial charge < -0.3 is 15.8 Å². The van der Waals surface area contributed by atoms with E-state index >= 15 is 0 Å². The van der Waals surface area contributed by atoms with Gasteiger partial charge in [-0.25, -0.2) is 14.8 Å². The number of rotatable bonds is 3. The van der Waals surface area contributed by atoms with Gasteiger partial charge in [0.25, 0.3) is 0 Å². The summed E-state index contributed by atoms with van der Waals surface area (Å²) in [5.74, 6) is -0.871. The molecule has 4 rings (SSSR count). The highest BCUT2D eigenvalue weighted by molar-refractivity contribution is 5.98. The van der Waals surface area contributed by atoms with E-state index in [9.17, 15) is 9.90 Å². The Labute approximate surface area is 143 Å².